The Morgan fingerprint density at radius 1 is 0.767 bits per heavy atom. The molecule has 1 aromatic heterocycles. The molecule has 9 heteroatoms. The molecule has 0 radical (unpaired) electrons. The van der Waals surface area contributed by atoms with Crippen LogP contribution in [-0.4, -0.2) is 0 Å². The van der Waals surface area contributed by atoms with Crippen LogP contribution in [0.15, 0.2) is 65.4 Å². The molecule has 0 saturated carbocycles. The molecule has 0 spiro atoms. The van der Waals surface area contributed by atoms with Crippen LogP contribution >= 0.6 is 15.9 Å². The Labute approximate surface area is 183 Å². The lowest BCUT2D eigenvalue weighted by molar-refractivity contribution is -0.692. The fraction of sp³-hybridized carbons (Fsp3) is 0.190. The van der Waals surface area contributed by atoms with Crippen LogP contribution in [0.25, 0.3) is 22.3 Å². The monoisotopic (exact) mass is 509 g/mol. The zero-order chi connectivity index (χ0) is 21.4. The molecule has 0 aliphatic carbocycles. The predicted molar refractivity (Wildman–Crippen MR) is 101 cm³/mol. The molecule has 1 heterocycles. The van der Waals surface area contributed by atoms with Crippen LogP contribution in [0.2, 0.25) is 0 Å². The molecule has 3 aromatic rings. The average molecular weight is 511 g/mol. The first-order valence-corrected chi connectivity index (χ1v) is 9.38. The first kappa shape index (κ1) is 24.2. The van der Waals surface area contributed by atoms with Gasteiger partial charge in [-0.15, -0.1) is 0 Å². The Kier molecular flexibility index (Phi) is 7.24. The number of aromatic nitrogens is 1. The number of pyridine rings is 1. The second kappa shape index (κ2) is 8.98. The number of benzene rings is 2. The molecular formula is C21H15BrClF6N. The second-order valence-electron chi connectivity index (χ2n) is 6.38. The molecule has 0 amide bonds. The van der Waals surface area contributed by atoms with Crippen LogP contribution in [0.1, 0.15) is 18.1 Å². The lowest BCUT2D eigenvalue weighted by atomic mass is 9.99. The van der Waals surface area contributed by atoms with Gasteiger partial charge in [-0.05, 0) is 58.2 Å². The van der Waals surface area contributed by atoms with Crippen LogP contribution in [0.3, 0.4) is 0 Å². The van der Waals surface area contributed by atoms with Gasteiger partial charge in [-0.2, -0.15) is 26.3 Å². The van der Waals surface area contributed by atoms with Crippen molar-refractivity contribution in [3.05, 3.63) is 76.5 Å². The van der Waals surface area contributed by atoms with Crippen molar-refractivity contribution >= 4 is 15.9 Å². The third kappa shape index (κ3) is 5.16. The number of hydrogen-bond acceptors (Lipinski definition) is 0. The van der Waals surface area contributed by atoms with E-state index < -0.39 is 23.5 Å². The van der Waals surface area contributed by atoms with Gasteiger partial charge in [0.1, 0.15) is 6.54 Å². The summed E-state index contributed by atoms with van der Waals surface area (Å²) in [5.74, 6) is 0. The van der Waals surface area contributed by atoms with Gasteiger partial charge in [0.05, 0.1) is 22.3 Å². The maximum absolute atomic E-state index is 13.1. The van der Waals surface area contributed by atoms with Crippen LogP contribution in [0.5, 0.6) is 0 Å². The van der Waals surface area contributed by atoms with Crippen molar-refractivity contribution in [3.63, 3.8) is 0 Å². The van der Waals surface area contributed by atoms with Gasteiger partial charge in [0.2, 0.25) is 0 Å². The van der Waals surface area contributed by atoms with E-state index in [-0.39, 0.29) is 12.4 Å². The molecule has 0 aliphatic heterocycles. The topological polar surface area (TPSA) is 3.88 Å². The van der Waals surface area contributed by atoms with E-state index in [1.165, 1.54) is 18.2 Å². The van der Waals surface area contributed by atoms with E-state index in [0.717, 1.165) is 24.3 Å². The first-order chi connectivity index (χ1) is 13.5. The fourth-order valence-corrected chi connectivity index (χ4v) is 3.58. The molecule has 0 saturated heterocycles. The number of hydrogen-bond donors (Lipinski definition) is 0. The first-order valence-electron chi connectivity index (χ1n) is 8.58. The summed E-state index contributed by atoms with van der Waals surface area (Å²) >= 11 is 3.43. The summed E-state index contributed by atoms with van der Waals surface area (Å²) in [4.78, 5) is 0. The summed E-state index contributed by atoms with van der Waals surface area (Å²) in [6.07, 6.45) is -5.48. The highest BCUT2D eigenvalue weighted by Gasteiger charge is 2.31. The lowest BCUT2D eigenvalue weighted by Crippen LogP contribution is -3.00. The number of alkyl halides is 6. The SMILES string of the molecule is CC[n+]1cc(-c2ccc(C(F)(F)F)cc2)c(Br)c(-c2cccc(C(F)(F)F)c2)c1.[Cl-]. The van der Waals surface area contributed by atoms with Gasteiger partial charge in [-0.25, -0.2) is 4.57 Å². The van der Waals surface area contributed by atoms with E-state index in [1.54, 1.807) is 23.0 Å². The number of halogens is 8. The number of aryl methyl sites for hydroxylation is 1. The highest BCUT2D eigenvalue weighted by atomic mass is 79.9. The molecule has 0 bridgehead atoms. The van der Waals surface area contributed by atoms with Gasteiger partial charge >= 0.3 is 12.4 Å². The average Bonchev–Trinajstić information content (AvgIpc) is 2.67. The maximum Gasteiger partial charge on any atom is 0.416 e. The summed E-state index contributed by atoms with van der Waals surface area (Å²) in [5, 5.41) is 0. The van der Waals surface area contributed by atoms with E-state index in [2.05, 4.69) is 15.9 Å². The second-order valence-corrected chi connectivity index (χ2v) is 7.18. The van der Waals surface area contributed by atoms with Gasteiger partial charge in [0.25, 0.3) is 0 Å². The molecule has 0 atom stereocenters. The van der Waals surface area contributed by atoms with Gasteiger partial charge in [0.15, 0.2) is 12.4 Å². The smallest absolute Gasteiger partial charge is 0.416 e. The van der Waals surface area contributed by atoms with Crippen molar-refractivity contribution in [2.75, 3.05) is 0 Å². The van der Waals surface area contributed by atoms with Gasteiger partial charge < -0.3 is 12.4 Å². The quantitative estimate of drug-likeness (QED) is 0.369. The molecule has 1 nitrogen and oxygen atoms in total. The third-order valence-corrected chi connectivity index (χ3v) is 5.31. The lowest BCUT2D eigenvalue weighted by Gasteiger charge is -2.13. The molecule has 3 rings (SSSR count). The number of nitrogens with zero attached hydrogens (tertiary/aromatic N) is 1. The van der Waals surface area contributed by atoms with Gasteiger partial charge in [0, 0.05) is 4.47 Å². The van der Waals surface area contributed by atoms with E-state index in [0.29, 0.717) is 33.3 Å². The standard InChI is InChI=1S/C21H15BrF6N.ClH/c1-2-29-11-17(13-6-8-15(9-7-13)20(23,24)25)19(22)18(12-29)14-4-3-5-16(10-14)21(26,27)28;/h3-12H,2H2,1H3;1H/q+1;/p-1. The van der Waals surface area contributed by atoms with Crippen molar-refractivity contribution in [1.82, 2.24) is 0 Å². The van der Waals surface area contributed by atoms with Crippen molar-refractivity contribution < 1.29 is 43.3 Å². The molecule has 2 aromatic carbocycles. The van der Waals surface area contributed by atoms with Crippen LogP contribution in [0.4, 0.5) is 26.3 Å². The van der Waals surface area contributed by atoms with Crippen molar-refractivity contribution in [3.8, 4) is 22.3 Å². The van der Waals surface area contributed by atoms with Crippen molar-refractivity contribution in [2.24, 2.45) is 0 Å². The van der Waals surface area contributed by atoms with Gasteiger partial charge in [-0.3, -0.25) is 0 Å². The molecule has 160 valence electrons. The predicted octanol–water partition coefficient (Wildman–Crippen LogP) is 4.13. The number of rotatable bonds is 3. The van der Waals surface area contributed by atoms with Crippen molar-refractivity contribution in [1.29, 1.82) is 0 Å². The molecule has 0 unspecified atom stereocenters. The zero-order valence-electron chi connectivity index (χ0n) is 15.5. The Hall–Kier alpha value is -2.06. The largest absolute Gasteiger partial charge is 1.00 e. The molecule has 0 N–H and O–H groups in total. The summed E-state index contributed by atoms with van der Waals surface area (Å²) in [7, 11) is 0. The Morgan fingerprint density at radius 3 is 1.80 bits per heavy atom. The Bertz CT molecular complexity index is 1030. The summed E-state index contributed by atoms with van der Waals surface area (Å²) < 4.78 is 80.1. The van der Waals surface area contributed by atoms with E-state index in [9.17, 15) is 26.3 Å². The maximum atomic E-state index is 13.1. The van der Waals surface area contributed by atoms with E-state index in [4.69, 9.17) is 0 Å². The minimum Gasteiger partial charge on any atom is -1.00 e. The zero-order valence-corrected chi connectivity index (χ0v) is 17.8. The minimum absolute atomic E-state index is 0. The van der Waals surface area contributed by atoms with E-state index in [1.807, 2.05) is 6.92 Å². The fourth-order valence-electron chi connectivity index (χ4n) is 2.91. The highest BCUT2D eigenvalue weighted by molar-refractivity contribution is 9.10. The normalized spacial score (nSPS) is 11.9. The van der Waals surface area contributed by atoms with Crippen LogP contribution < -0.4 is 17.0 Å². The molecule has 0 aliphatic rings. The molecular weight excluding hydrogens is 496 g/mol. The highest BCUT2D eigenvalue weighted by Crippen LogP contribution is 2.38. The summed E-state index contributed by atoms with van der Waals surface area (Å²) in [6.45, 7) is 2.40. The summed E-state index contributed by atoms with van der Waals surface area (Å²) in [6, 6.07) is 9.58. The molecule has 0 fully saturated rings. The van der Waals surface area contributed by atoms with Crippen LogP contribution in [0, 0.1) is 0 Å². The Morgan fingerprint density at radius 2 is 1.30 bits per heavy atom. The minimum atomic E-state index is -4.48. The van der Waals surface area contributed by atoms with E-state index >= 15 is 0 Å². The molecule has 30 heavy (non-hydrogen) atoms. The summed E-state index contributed by atoms with van der Waals surface area (Å²) in [5.41, 5.74) is 0.411. The third-order valence-electron chi connectivity index (χ3n) is 4.45. The Balaban J connectivity index is 0.00000320. The van der Waals surface area contributed by atoms with Crippen molar-refractivity contribution in [2.45, 2.75) is 25.8 Å². The van der Waals surface area contributed by atoms with Gasteiger partial charge in [-0.1, -0.05) is 24.3 Å². The van der Waals surface area contributed by atoms with Crippen LogP contribution in [-0.2, 0) is 18.9 Å².